The fourth-order valence-corrected chi connectivity index (χ4v) is 1.12. The summed E-state index contributed by atoms with van der Waals surface area (Å²) in [6.07, 6.45) is 1.71. The zero-order valence-corrected chi connectivity index (χ0v) is 11.9. The molecular weight excluding hydrogens is 252 g/mol. The lowest BCUT2D eigenvalue weighted by atomic mass is 10.1. The first-order chi connectivity index (χ1) is 7.92. The topological polar surface area (TPSA) is 50.7 Å². The molecule has 0 fully saturated rings. The van der Waals surface area contributed by atoms with Crippen LogP contribution < -0.4 is 5.43 Å². The van der Waals surface area contributed by atoms with E-state index in [2.05, 4.69) is 15.3 Å². The predicted octanol–water partition coefficient (Wildman–Crippen LogP) is 2.62. The highest BCUT2D eigenvalue weighted by Gasteiger charge is 2.06. The van der Waals surface area contributed by atoms with Crippen LogP contribution >= 0.6 is 12.4 Å². The van der Waals surface area contributed by atoms with Crippen LogP contribution in [-0.4, -0.2) is 24.8 Å². The number of esters is 1. The molecular formula is C13H19ClN2O2. The van der Waals surface area contributed by atoms with E-state index >= 15 is 0 Å². The maximum atomic E-state index is 11.2. The SMILES string of the molecule is COC(=O)c1ccc(C=NNC(C)(C)C)cc1.Cl. The van der Waals surface area contributed by atoms with Gasteiger partial charge in [0.1, 0.15) is 0 Å². The first-order valence-corrected chi connectivity index (χ1v) is 5.41. The molecule has 4 nitrogen and oxygen atoms in total. The lowest BCUT2D eigenvalue weighted by Crippen LogP contribution is -2.31. The molecule has 0 amide bonds. The average molecular weight is 271 g/mol. The van der Waals surface area contributed by atoms with Crippen LogP contribution in [0.25, 0.3) is 0 Å². The van der Waals surface area contributed by atoms with E-state index in [0.717, 1.165) is 5.56 Å². The van der Waals surface area contributed by atoms with Crippen molar-refractivity contribution in [3.8, 4) is 0 Å². The van der Waals surface area contributed by atoms with Gasteiger partial charge in [0.05, 0.1) is 18.9 Å². The van der Waals surface area contributed by atoms with Gasteiger partial charge in [0.2, 0.25) is 0 Å². The highest BCUT2D eigenvalue weighted by molar-refractivity contribution is 5.90. The van der Waals surface area contributed by atoms with Gasteiger partial charge in [0, 0.05) is 5.54 Å². The molecule has 18 heavy (non-hydrogen) atoms. The van der Waals surface area contributed by atoms with Crippen molar-refractivity contribution >= 4 is 24.6 Å². The third kappa shape index (κ3) is 5.68. The summed E-state index contributed by atoms with van der Waals surface area (Å²) < 4.78 is 4.62. The molecule has 0 aromatic heterocycles. The summed E-state index contributed by atoms with van der Waals surface area (Å²) >= 11 is 0. The maximum absolute atomic E-state index is 11.2. The molecule has 0 saturated carbocycles. The Bertz CT molecular complexity index is 408. The Morgan fingerprint density at radius 2 is 1.83 bits per heavy atom. The highest BCUT2D eigenvalue weighted by atomic mass is 35.5. The Morgan fingerprint density at radius 1 is 1.28 bits per heavy atom. The molecule has 0 saturated heterocycles. The van der Waals surface area contributed by atoms with E-state index in [-0.39, 0.29) is 23.9 Å². The van der Waals surface area contributed by atoms with Gasteiger partial charge in [-0.25, -0.2) is 4.79 Å². The van der Waals surface area contributed by atoms with Crippen LogP contribution in [0, 0.1) is 0 Å². The molecule has 0 atom stereocenters. The monoisotopic (exact) mass is 270 g/mol. The number of rotatable bonds is 3. The van der Waals surface area contributed by atoms with Gasteiger partial charge >= 0.3 is 5.97 Å². The quantitative estimate of drug-likeness (QED) is 0.522. The van der Waals surface area contributed by atoms with E-state index < -0.39 is 0 Å². The van der Waals surface area contributed by atoms with Gasteiger partial charge in [-0.1, -0.05) is 12.1 Å². The third-order valence-corrected chi connectivity index (χ3v) is 1.95. The molecule has 0 aliphatic rings. The standard InChI is InChI=1S/C13H18N2O2.ClH/c1-13(2,3)15-14-9-10-5-7-11(8-6-10)12(16)17-4;/h5-9,15H,1-4H3;1H. The number of benzene rings is 1. The summed E-state index contributed by atoms with van der Waals surface area (Å²) in [6.45, 7) is 6.10. The van der Waals surface area contributed by atoms with Crippen molar-refractivity contribution in [3.63, 3.8) is 0 Å². The van der Waals surface area contributed by atoms with E-state index in [1.807, 2.05) is 32.9 Å². The number of hydrogen-bond donors (Lipinski definition) is 1. The summed E-state index contributed by atoms with van der Waals surface area (Å²) in [5.74, 6) is -0.332. The van der Waals surface area contributed by atoms with Gasteiger partial charge in [-0.2, -0.15) is 5.10 Å². The van der Waals surface area contributed by atoms with Gasteiger partial charge in [0.15, 0.2) is 0 Å². The van der Waals surface area contributed by atoms with Crippen molar-refractivity contribution in [1.29, 1.82) is 0 Å². The van der Waals surface area contributed by atoms with Gasteiger partial charge in [-0.3, -0.25) is 0 Å². The fraction of sp³-hybridized carbons (Fsp3) is 0.385. The number of hydrogen-bond acceptors (Lipinski definition) is 4. The first-order valence-electron chi connectivity index (χ1n) is 5.41. The number of hydrazone groups is 1. The number of halogens is 1. The molecule has 1 rings (SSSR count). The lowest BCUT2D eigenvalue weighted by Gasteiger charge is -2.16. The fourth-order valence-electron chi connectivity index (χ4n) is 1.12. The highest BCUT2D eigenvalue weighted by Crippen LogP contribution is 2.04. The van der Waals surface area contributed by atoms with Gasteiger partial charge in [-0.05, 0) is 38.5 Å². The minimum atomic E-state index is -0.332. The average Bonchev–Trinajstić information content (AvgIpc) is 2.27. The van der Waals surface area contributed by atoms with Crippen molar-refractivity contribution in [2.75, 3.05) is 7.11 Å². The normalized spacial score (nSPS) is 10.9. The van der Waals surface area contributed by atoms with Crippen molar-refractivity contribution in [1.82, 2.24) is 5.43 Å². The van der Waals surface area contributed by atoms with E-state index in [0.29, 0.717) is 5.56 Å². The number of nitrogens with zero attached hydrogens (tertiary/aromatic N) is 1. The Balaban J connectivity index is 0.00000289. The summed E-state index contributed by atoms with van der Waals surface area (Å²) in [5.41, 5.74) is 4.40. The molecule has 1 aromatic carbocycles. The molecule has 100 valence electrons. The summed E-state index contributed by atoms with van der Waals surface area (Å²) in [6, 6.07) is 7.06. The Morgan fingerprint density at radius 3 is 2.28 bits per heavy atom. The van der Waals surface area contributed by atoms with Crippen molar-refractivity contribution in [2.24, 2.45) is 5.10 Å². The van der Waals surface area contributed by atoms with Gasteiger partial charge in [0.25, 0.3) is 0 Å². The van der Waals surface area contributed by atoms with E-state index in [1.54, 1.807) is 18.3 Å². The maximum Gasteiger partial charge on any atom is 0.337 e. The molecule has 1 aromatic rings. The molecule has 0 heterocycles. The first kappa shape index (κ1) is 16.4. The Kier molecular flexibility index (Phi) is 6.41. The minimum absolute atomic E-state index is 0. The van der Waals surface area contributed by atoms with Crippen molar-refractivity contribution < 1.29 is 9.53 Å². The van der Waals surface area contributed by atoms with Crippen LogP contribution in [0.1, 0.15) is 36.7 Å². The molecule has 5 heteroatoms. The van der Waals surface area contributed by atoms with Gasteiger partial charge in [-0.15, -0.1) is 12.4 Å². The molecule has 0 aliphatic carbocycles. The lowest BCUT2D eigenvalue weighted by molar-refractivity contribution is 0.0601. The predicted molar refractivity (Wildman–Crippen MR) is 75.5 cm³/mol. The summed E-state index contributed by atoms with van der Waals surface area (Å²) in [4.78, 5) is 11.2. The van der Waals surface area contributed by atoms with Crippen LogP contribution in [0.5, 0.6) is 0 Å². The van der Waals surface area contributed by atoms with Crippen LogP contribution in [0.4, 0.5) is 0 Å². The number of carbonyl (C=O) groups excluding carboxylic acids is 1. The van der Waals surface area contributed by atoms with Crippen LogP contribution in [0.3, 0.4) is 0 Å². The van der Waals surface area contributed by atoms with Crippen molar-refractivity contribution in [2.45, 2.75) is 26.3 Å². The smallest absolute Gasteiger partial charge is 0.337 e. The molecule has 0 radical (unpaired) electrons. The Hall–Kier alpha value is -1.55. The number of methoxy groups -OCH3 is 1. The van der Waals surface area contributed by atoms with E-state index in [1.165, 1.54) is 7.11 Å². The van der Waals surface area contributed by atoms with Crippen LogP contribution in [0.15, 0.2) is 29.4 Å². The molecule has 0 unspecified atom stereocenters. The number of nitrogens with one attached hydrogen (secondary N) is 1. The third-order valence-electron chi connectivity index (χ3n) is 1.95. The van der Waals surface area contributed by atoms with Gasteiger partial charge < -0.3 is 10.2 Å². The molecule has 1 N–H and O–H groups in total. The second kappa shape index (κ2) is 7.01. The van der Waals surface area contributed by atoms with Crippen molar-refractivity contribution in [3.05, 3.63) is 35.4 Å². The summed E-state index contributed by atoms with van der Waals surface area (Å²) in [7, 11) is 1.37. The summed E-state index contributed by atoms with van der Waals surface area (Å²) in [5, 5.41) is 4.12. The van der Waals surface area contributed by atoms with Crippen LogP contribution in [-0.2, 0) is 4.74 Å². The molecule has 0 spiro atoms. The zero-order valence-electron chi connectivity index (χ0n) is 11.1. The number of ether oxygens (including phenoxy) is 1. The second-order valence-corrected chi connectivity index (χ2v) is 4.73. The van der Waals surface area contributed by atoms with E-state index in [9.17, 15) is 4.79 Å². The zero-order chi connectivity index (χ0) is 12.9. The minimum Gasteiger partial charge on any atom is -0.465 e. The molecule has 0 aliphatic heterocycles. The van der Waals surface area contributed by atoms with Crippen LogP contribution in [0.2, 0.25) is 0 Å². The largest absolute Gasteiger partial charge is 0.465 e. The molecule has 0 bridgehead atoms. The Labute approximate surface area is 114 Å². The second-order valence-electron chi connectivity index (χ2n) is 4.73. The number of carbonyl (C=O) groups is 1. The van der Waals surface area contributed by atoms with E-state index in [4.69, 9.17) is 0 Å².